The third kappa shape index (κ3) is 30.1. The maximum absolute atomic E-state index is 14.1. The number of imidazole rings is 6. The smallest absolute Gasteiger partial charge is 0.229 e. The van der Waals surface area contributed by atoms with Crippen LogP contribution in [0.2, 0.25) is 0 Å². The number of nitrogens with zero attached hydrogens (tertiary/aromatic N) is 18. The predicted molar refractivity (Wildman–Crippen MR) is 581 cm³/mol. The van der Waals surface area contributed by atoms with Crippen LogP contribution in [0, 0.1) is 108 Å². The van der Waals surface area contributed by atoms with Gasteiger partial charge < -0.3 is 10.2 Å². The minimum atomic E-state index is -1.27. The van der Waals surface area contributed by atoms with E-state index >= 15 is 0 Å². The fourth-order valence-electron chi connectivity index (χ4n) is 17.3. The highest BCUT2D eigenvalue weighted by Gasteiger charge is 2.45. The first kappa shape index (κ1) is 112. The number of hydrogen-bond donors (Lipinski definition) is 8. The Morgan fingerprint density at radius 3 is 1.06 bits per heavy atom. The van der Waals surface area contributed by atoms with Crippen LogP contribution in [0.3, 0.4) is 0 Å². The van der Waals surface area contributed by atoms with Crippen molar-refractivity contribution in [3.63, 3.8) is 0 Å². The van der Waals surface area contributed by atoms with E-state index in [0.717, 1.165) is 108 Å². The van der Waals surface area contributed by atoms with Crippen molar-refractivity contribution < 1.29 is 43.4 Å². The molecule has 1 atom stereocenters. The number of carbonyl (C=O) groups excluding carboxylic acids is 6. The average molecular weight is 2000 g/mol. The van der Waals surface area contributed by atoms with Gasteiger partial charge in [-0.05, 0) is 318 Å². The van der Waals surface area contributed by atoms with Gasteiger partial charge in [-0.3, -0.25) is 88.1 Å². The summed E-state index contributed by atoms with van der Waals surface area (Å²) in [6, 6.07) is 34.0. The van der Waals surface area contributed by atoms with Crippen LogP contribution < -0.4 is 31.9 Å². The molecule has 6 amide bonds. The quantitative estimate of drug-likeness (QED) is 0.0331. The molecule has 0 radical (unpaired) electrons. The Kier molecular flexibility index (Phi) is 33.2. The molecule has 146 heavy (non-hydrogen) atoms. The Hall–Kier alpha value is -13.2. The number of amides is 6. The Balaban J connectivity index is 0.000000156. The van der Waals surface area contributed by atoms with Gasteiger partial charge in [0.2, 0.25) is 71.1 Å². The number of hydrogen-bond acceptors (Lipinski definition) is 20. The molecule has 17 rings (SSSR count). The number of anilines is 6. The van der Waals surface area contributed by atoms with Gasteiger partial charge >= 0.3 is 0 Å². The minimum Gasteiger partial charge on any atom is -0.390 e. The molecule has 782 valence electrons. The van der Waals surface area contributed by atoms with E-state index in [2.05, 4.69) is 139 Å². The van der Waals surface area contributed by atoms with Crippen LogP contribution in [0.25, 0.3) is 72.7 Å². The second-order valence-electron chi connectivity index (χ2n) is 48.7. The highest BCUT2D eigenvalue weighted by molar-refractivity contribution is 5.96. The first-order chi connectivity index (χ1) is 67.6. The van der Waals surface area contributed by atoms with E-state index in [1.807, 2.05) is 248 Å². The molecule has 0 aliphatic heterocycles. The first-order valence-electron chi connectivity index (χ1n) is 50.8. The fourth-order valence-corrected chi connectivity index (χ4v) is 17.3. The summed E-state index contributed by atoms with van der Waals surface area (Å²) in [6.45, 7) is 66.3. The molecular formula is C113H155FN24O8. The summed E-state index contributed by atoms with van der Waals surface area (Å²) in [7, 11) is 0. The molecule has 32 nitrogen and oxygen atoms in total. The fraction of sp³-hybridized carbons (Fsp3) is 0.522. The summed E-state index contributed by atoms with van der Waals surface area (Å²) in [5, 5.41) is 38.1. The van der Waals surface area contributed by atoms with E-state index in [-0.39, 0.29) is 92.4 Å². The molecule has 3 saturated carbocycles. The Bertz CT molecular complexity index is 7130. The van der Waals surface area contributed by atoms with Crippen LogP contribution in [0.1, 0.15) is 306 Å². The van der Waals surface area contributed by atoms with Gasteiger partial charge in [0.25, 0.3) is 0 Å². The number of aromatic nitrogens is 18. The van der Waals surface area contributed by atoms with Gasteiger partial charge in [-0.2, -0.15) is 0 Å². The van der Waals surface area contributed by atoms with Crippen molar-refractivity contribution >= 4 is 138 Å². The second kappa shape index (κ2) is 43.5. The topological polar surface area (TPSA) is 399 Å². The number of aliphatic hydroxyl groups is 2. The van der Waals surface area contributed by atoms with E-state index in [4.69, 9.17) is 19.9 Å². The van der Waals surface area contributed by atoms with Crippen molar-refractivity contribution in [1.29, 1.82) is 0 Å². The van der Waals surface area contributed by atoms with Crippen molar-refractivity contribution in [2.75, 3.05) is 31.9 Å². The normalized spacial score (nSPS) is 14.1. The summed E-state index contributed by atoms with van der Waals surface area (Å²) in [5.74, 6) is 4.18. The van der Waals surface area contributed by atoms with Crippen molar-refractivity contribution in [3.8, 4) is 5.69 Å². The lowest BCUT2D eigenvalue weighted by Crippen LogP contribution is -2.31. The Labute approximate surface area is 858 Å². The molecule has 14 aromatic rings. The highest BCUT2D eigenvalue weighted by atomic mass is 19.1. The second-order valence-corrected chi connectivity index (χ2v) is 48.7. The Morgan fingerprint density at radius 2 is 0.664 bits per heavy atom. The summed E-state index contributed by atoms with van der Waals surface area (Å²) in [6.07, 6.45) is 9.24. The molecule has 3 aliphatic carbocycles. The average Bonchev–Trinajstić information content (AvgIpc) is 1.59. The molecule has 12 aromatic heterocycles. The highest BCUT2D eigenvalue weighted by Crippen LogP contribution is 2.54. The van der Waals surface area contributed by atoms with Crippen LogP contribution in [-0.2, 0) is 57.5 Å². The number of nitrogens with one attached hydrogen (secondary N) is 6. The van der Waals surface area contributed by atoms with Gasteiger partial charge in [0.1, 0.15) is 38.9 Å². The molecule has 12 heterocycles. The summed E-state index contributed by atoms with van der Waals surface area (Å²) in [4.78, 5) is 130. The van der Waals surface area contributed by atoms with E-state index in [0.29, 0.717) is 113 Å². The van der Waals surface area contributed by atoms with Crippen LogP contribution in [-0.4, -0.2) is 138 Å². The molecule has 0 saturated heterocycles. The number of rotatable bonds is 21. The van der Waals surface area contributed by atoms with E-state index in [1.54, 1.807) is 44.4 Å². The summed E-state index contributed by atoms with van der Waals surface area (Å²) in [5.41, 5.74) is 15.5. The molecule has 2 aromatic carbocycles. The van der Waals surface area contributed by atoms with Crippen molar-refractivity contribution in [2.24, 2.45) is 39.4 Å². The van der Waals surface area contributed by atoms with E-state index in [9.17, 15) is 43.4 Å². The largest absolute Gasteiger partial charge is 0.390 e. The molecule has 33 heteroatoms. The number of fused-ring (bicyclic) bond motifs is 6. The number of benzene rings is 2. The molecule has 3 fully saturated rings. The van der Waals surface area contributed by atoms with Crippen LogP contribution in [0.5, 0.6) is 0 Å². The number of aryl methyl sites for hydroxylation is 9. The molecular weight excluding hydrogens is 1840 g/mol. The van der Waals surface area contributed by atoms with Crippen LogP contribution in [0.15, 0.2) is 109 Å². The van der Waals surface area contributed by atoms with E-state index in [1.165, 1.54) is 44.6 Å². The molecule has 0 bridgehead atoms. The van der Waals surface area contributed by atoms with Gasteiger partial charge in [-0.1, -0.05) is 119 Å². The first-order valence-corrected chi connectivity index (χ1v) is 50.8. The maximum atomic E-state index is 14.1. The lowest BCUT2D eigenvalue weighted by molar-refractivity contribution is -0.121. The third-order valence-electron chi connectivity index (χ3n) is 24.7. The zero-order chi connectivity index (χ0) is 108. The predicted octanol–water partition coefficient (Wildman–Crippen LogP) is 23.4. The van der Waals surface area contributed by atoms with Crippen molar-refractivity contribution in [3.05, 3.63) is 171 Å². The lowest BCUT2D eigenvalue weighted by atomic mass is 9.92. The summed E-state index contributed by atoms with van der Waals surface area (Å²) < 4.78 is 26.0. The lowest BCUT2D eigenvalue weighted by Gasteiger charge is -2.26. The maximum Gasteiger partial charge on any atom is 0.229 e. The van der Waals surface area contributed by atoms with Crippen molar-refractivity contribution in [2.45, 2.75) is 346 Å². The van der Waals surface area contributed by atoms with Crippen molar-refractivity contribution in [1.82, 2.24) is 87.2 Å². The van der Waals surface area contributed by atoms with Gasteiger partial charge in [-0.25, -0.2) is 64.2 Å². The van der Waals surface area contributed by atoms with Gasteiger partial charge in [-0.15, -0.1) is 0 Å². The van der Waals surface area contributed by atoms with Crippen LogP contribution in [0.4, 0.5) is 40.1 Å². The number of halogens is 1. The summed E-state index contributed by atoms with van der Waals surface area (Å²) >= 11 is 0. The SMILES string of the molecule is Cc1cc2nc(NC(=O)CC(C)(C)C)n(C(C)(C)C)c2nc1C.Cc1cc2nc(NC(=O)C[C@](C)(O)c3ccccc3)n(C(C)(C)C)c2nc1C.Cc1ccc2nc(NC(=O)CC(C)(C)C)n(-c3ccc(C)c(F)c3)c2n1.Cc1ccc2nc(NC(=O)CC(C)(C)C)n(C(C)(C)C)c2n1.Cc1ccc2nc(NC(=O)CC(C)(C)C)n(C(C3CC3)C3CC3)c2n1.Cc1ccc2nc(NC(=O)CC(C)(C)O)n(CC3CC3)c2n1. The number of carbonyl (C=O) groups is 6. The minimum absolute atomic E-state index is 0.0215. The molecule has 3 aliphatic rings. The van der Waals surface area contributed by atoms with Gasteiger partial charge in [0.05, 0.1) is 29.7 Å². The third-order valence-corrected chi connectivity index (χ3v) is 24.7. The molecule has 0 unspecified atom stereocenters. The monoisotopic (exact) mass is 2000 g/mol. The standard InChI is InChI=1S/C22H28N4O2.C20H23FN4O.C20H28N4O.C18H28N4O.C17H26N4O.C16H22N4O2/c1-14-12-17-19(23-15(14)2)26(21(3,4)5)20(24-17)25-18(27)13-22(6,28)16-10-8-7-9-11-16;1-12-6-8-14(10-15(12)21)25-18-16(9-7-13(2)22-18)23-19(25)24-17(26)11-20(3,4)5;1-12-5-10-15-18(21-12)24(17(13-6-7-13)14-8-9-14)19(22-15)23-16(25)11-20(2,3)4;1-11-9-13-15(19-12(11)2)22(18(6,7)8)16(20-13)21-14(23)10-17(3,4)5;1-11-8-9-12-14(18-11)21(17(5,6)7)15(19-12)20-13(22)10-16(2,3)4;1-10-4-7-12-14(17-10)20(9-11-5-6-11)15(18-12)19-13(21)8-16(2,3)22/h7-12,28H,13H2,1-6H3,(H,24,25,27);6-10H,11H2,1-5H3,(H,23,24,26);5,10,13-14,17H,6-9,11H2,1-4H3,(H,22,23,25);9H,10H2,1-8H3,(H,20,21,23);8-9H,10H2,1-7H3,(H,19,20,22);4,7,11,22H,5-6,8-9H2,1-3H3,(H,18,19,21)/t22-;;;;;/m0...../s1. The van der Waals surface area contributed by atoms with Gasteiger partial charge in [0, 0.05) is 89.1 Å². The van der Waals surface area contributed by atoms with Crippen LogP contribution >= 0.6 is 0 Å². The number of pyridine rings is 6. The zero-order valence-electron chi connectivity index (χ0n) is 92.2. The molecule has 0 spiro atoms. The van der Waals surface area contributed by atoms with Gasteiger partial charge in [0.15, 0.2) is 33.9 Å². The Morgan fingerprint density at radius 1 is 0.336 bits per heavy atom. The van der Waals surface area contributed by atoms with E-state index < -0.39 is 11.2 Å². The zero-order valence-corrected chi connectivity index (χ0v) is 92.2. The molecule has 8 N–H and O–H groups in total.